The molecular weight excluding hydrogens is 321 g/mol. The minimum Gasteiger partial charge on any atom is -0.480 e. The number of carbonyl (C=O) groups excluding carboxylic acids is 2. The standard InChI is InChI=1S/C16H20FNO4S/c1-11(16(21)22)18-15(20)10-13(6-8-23-9-7-19)12-2-4-14(17)5-3-12/h2-5,7,11,13H,6,8-10H2,1H3,(H,18,20)(H,21,22)/t11-,13?/m0/s1. The molecule has 126 valence electrons. The predicted molar refractivity (Wildman–Crippen MR) is 87.0 cm³/mol. The Hall–Kier alpha value is -1.89. The van der Waals surface area contributed by atoms with Crippen molar-refractivity contribution in [1.82, 2.24) is 5.32 Å². The van der Waals surface area contributed by atoms with Gasteiger partial charge in [-0.25, -0.2) is 4.39 Å². The Morgan fingerprint density at radius 1 is 1.35 bits per heavy atom. The van der Waals surface area contributed by atoms with E-state index in [0.717, 1.165) is 11.8 Å². The molecule has 5 nitrogen and oxygen atoms in total. The first-order chi connectivity index (χ1) is 10.9. The molecule has 0 fully saturated rings. The number of thioether (sulfide) groups is 1. The highest BCUT2D eigenvalue weighted by molar-refractivity contribution is 7.99. The average Bonchev–Trinajstić information content (AvgIpc) is 2.51. The second-order valence-corrected chi connectivity index (χ2v) is 6.26. The number of hydrogen-bond acceptors (Lipinski definition) is 4. The number of benzene rings is 1. The Balaban J connectivity index is 2.70. The molecule has 1 rings (SSSR count). The predicted octanol–water partition coefficient (Wildman–Crippen LogP) is 2.21. The summed E-state index contributed by atoms with van der Waals surface area (Å²) in [4.78, 5) is 33.1. The third-order valence-electron chi connectivity index (χ3n) is 3.32. The Morgan fingerprint density at radius 3 is 2.57 bits per heavy atom. The number of carbonyl (C=O) groups is 3. The largest absolute Gasteiger partial charge is 0.480 e. The van der Waals surface area contributed by atoms with Gasteiger partial charge in [-0.2, -0.15) is 11.8 Å². The molecule has 1 unspecified atom stereocenters. The van der Waals surface area contributed by atoms with Crippen molar-refractivity contribution in [2.24, 2.45) is 0 Å². The normalized spacial score (nSPS) is 13.1. The fourth-order valence-corrected chi connectivity index (χ4v) is 2.78. The van der Waals surface area contributed by atoms with Crippen molar-refractivity contribution in [2.45, 2.75) is 31.7 Å². The molecule has 7 heteroatoms. The van der Waals surface area contributed by atoms with E-state index in [9.17, 15) is 18.8 Å². The molecule has 0 heterocycles. The van der Waals surface area contributed by atoms with Gasteiger partial charge in [-0.1, -0.05) is 12.1 Å². The summed E-state index contributed by atoms with van der Waals surface area (Å²) in [7, 11) is 0. The molecule has 0 saturated heterocycles. The molecule has 0 aliphatic heterocycles. The summed E-state index contributed by atoms with van der Waals surface area (Å²) in [5.74, 6) is -0.906. The molecule has 0 spiro atoms. The van der Waals surface area contributed by atoms with Crippen molar-refractivity contribution in [3.63, 3.8) is 0 Å². The van der Waals surface area contributed by atoms with Crippen LogP contribution in [0.4, 0.5) is 4.39 Å². The van der Waals surface area contributed by atoms with Crippen LogP contribution >= 0.6 is 11.8 Å². The SMILES string of the molecule is C[C@H](NC(=O)CC(CCSCC=O)c1ccc(F)cc1)C(=O)O. The third-order valence-corrected chi connectivity index (χ3v) is 4.21. The van der Waals surface area contributed by atoms with Crippen LogP contribution in [-0.2, 0) is 14.4 Å². The zero-order chi connectivity index (χ0) is 17.2. The minimum atomic E-state index is -1.10. The quantitative estimate of drug-likeness (QED) is 0.503. The molecule has 2 N–H and O–H groups in total. The Bertz CT molecular complexity index is 535. The summed E-state index contributed by atoms with van der Waals surface area (Å²) in [6.45, 7) is 1.40. The van der Waals surface area contributed by atoms with Gasteiger partial charge in [0.05, 0.1) is 0 Å². The van der Waals surface area contributed by atoms with Crippen molar-refractivity contribution in [3.8, 4) is 0 Å². The van der Waals surface area contributed by atoms with Crippen molar-refractivity contribution >= 4 is 29.9 Å². The zero-order valence-electron chi connectivity index (χ0n) is 12.8. The maximum absolute atomic E-state index is 13.0. The van der Waals surface area contributed by atoms with Crippen LogP contribution in [-0.4, -0.2) is 40.8 Å². The van der Waals surface area contributed by atoms with Gasteiger partial charge in [0.25, 0.3) is 0 Å². The van der Waals surface area contributed by atoms with E-state index in [2.05, 4.69) is 5.32 Å². The zero-order valence-corrected chi connectivity index (χ0v) is 13.6. The summed E-state index contributed by atoms with van der Waals surface area (Å²) in [6, 6.07) is 4.95. The molecule has 0 radical (unpaired) electrons. The maximum Gasteiger partial charge on any atom is 0.325 e. The van der Waals surface area contributed by atoms with Crippen LogP contribution < -0.4 is 5.32 Å². The summed E-state index contributed by atoms with van der Waals surface area (Å²) < 4.78 is 13.0. The molecule has 1 amide bonds. The molecule has 1 aromatic carbocycles. The van der Waals surface area contributed by atoms with Gasteiger partial charge in [-0.3, -0.25) is 9.59 Å². The Kier molecular flexibility index (Phi) is 8.32. The van der Waals surface area contributed by atoms with Crippen LogP contribution in [0.3, 0.4) is 0 Å². The fraction of sp³-hybridized carbons (Fsp3) is 0.438. The number of aldehydes is 1. The number of rotatable bonds is 10. The van der Waals surface area contributed by atoms with E-state index < -0.39 is 12.0 Å². The van der Waals surface area contributed by atoms with Gasteiger partial charge in [0, 0.05) is 12.2 Å². The van der Waals surface area contributed by atoms with Crippen molar-refractivity contribution in [2.75, 3.05) is 11.5 Å². The molecule has 2 atom stereocenters. The molecule has 0 aliphatic carbocycles. The minimum absolute atomic E-state index is 0.116. The molecule has 23 heavy (non-hydrogen) atoms. The summed E-state index contributed by atoms with van der Waals surface area (Å²) in [5, 5.41) is 11.2. The number of halogens is 1. The number of amides is 1. The highest BCUT2D eigenvalue weighted by Crippen LogP contribution is 2.25. The van der Waals surface area contributed by atoms with E-state index in [0.29, 0.717) is 17.9 Å². The van der Waals surface area contributed by atoms with Crippen molar-refractivity contribution < 1.29 is 23.9 Å². The number of carboxylic acid groups (broad SMARTS) is 1. The summed E-state index contributed by atoms with van der Waals surface area (Å²) in [6.07, 6.45) is 1.57. The molecule has 0 aromatic heterocycles. The number of aliphatic carboxylic acids is 1. The summed E-state index contributed by atoms with van der Waals surface area (Å²) >= 11 is 1.46. The van der Waals surface area contributed by atoms with E-state index in [1.54, 1.807) is 12.1 Å². The Labute approximate surface area is 138 Å². The maximum atomic E-state index is 13.0. The molecule has 0 aliphatic rings. The molecule has 0 saturated carbocycles. The first-order valence-corrected chi connectivity index (χ1v) is 8.38. The van der Waals surface area contributed by atoms with Crippen LogP contribution in [0.25, 0.3) is 0 Å². The van der Waals surface area contributed by atoms with Crippen LogP contribution in [0.2, 0.25) is 0 Å². The van der Waals surface area contributed by atoms with E-state index in [1.807, 2.05) is 0 Å². The topological polar surface area (TPSA) is 83.5 Å². The number of hydrogen-bond donors (Lipinski definition) is 2. The second-order valence-electron chi connectivity index (χ2n) is 5.11. The van der Waals surface area contributed by atoms with Crippen LogP contribution in [0.15, 0.2) is 24.3 Å². The smallest absolute Gasteiger partial charge is 0.325 e. The molecule has 0 bridgehead atoms. The van der Waals surface area contributed by atoms with Gasteiger partial charge in [0.1, 0.15) is 18.1 Å². The van der Waals surface area contributed by atoms with Crippen LogP contribution in [0.5, 0.6) is 0 Å². The highest BCUT2D eigenvalue weighted by Gasteiger charge is 2.19. The van der Waals surface area contributed by atoms with E-state index in [1.165, 1.54) is 30.8 Å². The lowest BCUT2D eigenvalue weighted by Gasteiger charge is -2.18. The number of carboxylic acids is 1. The fourth-order valence-electron chi connectivity index (χ4n) is 2.06. The van der Waals surface area contributed by atoms with Gasteiger partial charge in [0.15, 0.2) is 0 Å². The lowest BCUT2D eigenvalue weighted by atomic mass is 9.92. The van der Waals surface area contributed by atoms with E-state index >= 15 is 0 Å². The van der Waals surface area contributed by atoms with Crippen molar-refractivity contribution in [1.29, 1.82) is 0 Å². The van der Waals surface area contributed by atoms with E-state index in [4.69, 9.17) is 5.11 Å². The number of nitrogens with one attached hydrogen (secondary N) is 1. The first kappa shape index (κ1) is 19.2. The first-order valence-electron chi connectivity index (χ1n) is 7.23. The van der Waals surface area contributed by atoms with Crippen molar-refractivity contribution in [3.05, 3.63) is 35.6 Å². The summed E-state index contributed by atoms with van der Waals surface area (Å²) in [5.41, 5.74) is 0.816. The van der Waals surface area contributed by atoms with Gasteiger partial charge in [-0.05, 0) is 42.7 Å². The third kappa shape index (κ3) is 7.27. The Morgan fingerprint density at radius 2 is 2.00 bits per heavy atom. The van der Waals surface area contributed by atoms with Gasteiger partial charge in [0.2, 0.25) is 5.91 Å². The van der Waals surface area contributed by atoms with E-state index in [-0.39, 0.29) is 24.1 Å². The average molecular weight is 341 g/mol. The van der Waals surface area contributed by atoms with Crippen LogP contribution in [0, 0.1) is 5.82 Å². The monoisotopic (exact) mass is 341 g/mol. The van der Waals surface area contributed by atoms with Gasteiger partial charge in [-0.15, -0.1) is 0 Å². The van der Waals surface area contributed by atoms with Crippen LogP contribution in [0.1, 0.15) is 31.2 Å². The molecule has 1 aromatic rings. The van der Waals surface area contributed by atoms with Gasteiger partial charge < -0.3 is 15.2 Å². The lowest BCUT2D eigenvalue weighted by Crippen LogP contribution is -2.38. The van der Waals surface area contributed by atoms with Gasteiger partial charge >= 0.3 is 5.97 Å². The highest BCUT2D eigenvalue weighted by atomic mass is 32.2. The molecular formula is C16H20FNO4S. The lowest BCUT2D eigenvalue weighted by molar-refractivity contribution is -0.141. The second kappa shape index (κ2) is 9.99.